The Kier molecular flexibility index (Phi) is 6.77. The maximum Gasteiger partial charge on any atom is 0.298 e. The first-order valence-corrected chi connectivity index (χ1v) is 10.9. The zero-order valence-electron chi connectivity index (χ0n) is 18.8. The van der Waals surface area contributed by atoms with Gasteiger partial charge in [0.25, 0.3) is 6.01 Å². The normalized spacial score (nSPS) is 13.7. The van der Waals surface area contributed by atoms with Gasteiger partial charge in [0.1, 0.15) is 12.0 Å². The largest absolute Gasteiger partial charge is 0.497 e. The number of aromatic nitrogens is 1. The summed E-state index contributed by atoms with van der Waals surface area (Å²) in [6.45, 7) is 4.45. The van der Waals surface area contributed by atoms with Gasteiger partial charge in [-0.3, -0.25) is 0 Å². The molecule has 0 saturated carbocycles. The van der Waals surface area contributed by atoms with Crippen LogP contribution in [0.3, 0.4) is 0 Å². The third kappa shape index (κ3) is 5.58. The van der Waals surface area contributed by atoms with Crippen molar-refractivity contribution in [1.29, 1.82) is 0 Å². The van der Waals surface area contributed by atoms with E-state index in [1.165, 1.54) is 24.1 Å². The minimum atomic E-state index is 0.645. The summed E-state index contributed by atoms with van der Waals surface area (Å²) < 4.78 is 11.3. The van der Waals surface area contributed by atoms with E-state index in [2.05, 4.69) is 51.1 Å². The molecule has 0 bridgehead atoms. The number of hydrogen-bond donors (Lipinski definition) is 0. The van der Waals surface area contributed by atoms with E-state index in [1.54, 1.807) is 13.4 Å². The van der Waals surface area contributed by atoms with E-state index in [-0.39, 0.29) is 0 Å². The third-order valence-corrected chi connectivity index (χ3v) is 5.55. The van der Waals surface area contributed by atoms with E-state index in [9.17, 15) is 0 Å². The van der Waals surface area contributed by atoms with Gasteiger partial charge < -0.3 is 23.9 Å². The number of ether oxygens (including phenoxy) is 1. The van der Waals surface area contributed by atoms with Crippen molar-refractivity contribution in [3.63, 3.8) is 0 Å². The molecule has 1 aliphatic rings. The molecule has 2 aromatic carbocycles. The number of nitrogens with zero attached hydrogens (tertiary/aromatic N) is 4. The summed E-state index contributed by atoms with van der Waals surface area (Å²) in [4.78, 5) is 11.5. The van der Waals surface area contributed by atoms with Crippen molar-refractivity contribution in [2.24, 2.45) is 0 Å². The van der Waals surface area contributed by atoms with Crippen LogP contribution in [0.25, 0.3) is 0 Å². The Morgan fingerprint density at radius 3 is 2.39 bits per heavy atom. The van der Waals surface area contributed by atoms with E-state index < -0.39 is 0 Å². The summed E-state index contributed by atoms with van der Waals surface area (Å²) in [5, 5.41) is 0. The van der Waals surface area contributed by atoms with Crippen molar-refractivity contribution in [1.82, 2.24) is 9.88 Å². The first-order chi connectivity index (χ1) is 15.1. The molecule has 6 nitrogen and oxygen atoms in total. The summed E-state index contributed by atoms with van der Waals surface area (Å²) in [7, 11) is 5.76. The lowest BCUT2D eigenvalue weighted by molar-refractivity contribution is 0.396. The molecule has 0 N–H and O–H groups in total. The van der Waals surface area contributed by atoms with Gasteiger partial charge in [0.05, 0.1) is 12.8 Å². The first kappa shape index (κ1) is 21.2. The average Bonchev–Trinajstić information content (AvgIpc) is 3.46. The summed E-state index contributed by atoms with van der Waals surface area (Å²) >= 11 is 0. The van der Waals surface area contributed by atoms with Crippen molar-refractivity contribution < 1.29 is 9.15 Å². The van der Waals surface area contributed by atoms with Crippen molar-refractivity contribution >= 4 is 11.7 Å². The van der Waals surface area contributed by atoms with Gasteiger partial charge in [-0.05, 0) is 62.3 Å². The second-order valence-corrected chi connectivity index (χ2v) is 8.43. The first-order valence-electron chi connectivity index (χ1n) is 10.9. The summed E-state index contributed by atoms with van der Waals surface area (Å²) in [6.07, 6.45) is 4.31. The average molecular weight is 421 g/mol. The van der Waals surface area contributed by atoms with Crippen LogP contribution in [0.1, 0.15) is 29.7 Å². The smallest absolute Gasteiger partial charge is 0.298 e. The molecule has 1 aromatic heterocycles. The minimum Gasteiger partial charge on any atom is -0.497 e. The van der Waals surface area contributed by atoms with Crippen molar-refractivity contribution in [3.05, 3.63) is 71.6 Å². The van der Waals surface area contributed by atoms with E-state index in [0.717, 1.165) is 43.2 Å². The molecule has 2 heterocycles. The van der Waals surface area contributed by atoms with Gasteiger partial charge >= 0.3 is 0 Å². The SMILES string of the molecule is COc1cccc(CN(Cc2cccc(N3CCCC3)c2)c2nc(CN(C)C)co2)c1. The Hall–Kier alpha value is -2.99. The second-order valence-electron chi connectivity index (χ2n) is 8.43. The van der Waals surface area contributed by atoms with Crippen molar-refractivity contribution in [2.75, 3.05) is 44.1 Å². The van der Waals surface area contributed by atoms with E-state index in [0.29, 0.717) is 12.6 Å². The predicted molar refractivity (Wildman–Crippen MR) is 125 cm³/mol. The fraction of sp³-hybridized carbons (Fsp3) is 0.400. The van der Waals surface area contributed by atoms with Crippen LogP contribution in [0.15, 0.2) is 59.2 Å². The fourth-order valence-corrected chi connectivity index (χ4v) is 4.07. The number of hydrogen-bond acceptors (Lipinski definition) is 6. The number of rotatable bonds is 9. The minimum absolute atomic E-state index is 0.645. The Morgan fingerprint density at radius 1 is 0.968 bits per heavy atom. The van der Waals surface area contributed by atoms with Gasteiger partial charge in [0.2, 0.25) is 0 Å². The molecule has 0 aliphatic carbocycles. The lowest BCUT2D eigenvalue weighted by Crippen LogP contribution is -2.23. The topological polar surface area (TPSA) is 45.0 Å². The van der Waals surface area contributed by atoms with E-state index in [1.807, 2.05) is 26.2 Å². The molecule has 1 saturated heterocycles. The molecular weight excluding hydrogens is 388 g/mol. The number of oxazole rings is 1. The van der Waals surface area contributed by atoms with Crippen LogP contribution in [0.4, 0.5) is 11.7 Å². The summed E-state index contributed by atoms with van der Waals surface area (Å²) in [6, 6.07) is 17.7. The van der Waals surface area contributed by atoms with E-state index >= 15 is 0 Å². The number of methoxy groups -OCH3 is 1. The molecule has 0 unspecified atom stereocenters. The summed E-state index contributed by atoms with van der Waals surface area (Å²) in [5.41, 5.74) is 4.64. The van der Waals surface area contributed by atoms with Gasteiger partial charge in [-0.2, -0.15) is 4.98 Å². The third-order valence-electron chi connectivity index (χ3n) is 5.55. The molecule has 31 heavy (non-hydrogen) atoms. The van der Waals surface area contributed by atoms with Crippen LogP contribution in [0, 0.1) is 0 Å². The molecule has 0 amide bonds. The van der Waals surface area contributed by atoms with Gasteiger partial charge in [0.15, 0.2) is 0 Å². The number of anilines is 2. The highest BCUT2D eigenvalue weighted by Crippen LogP contribution is 2.25. The monoisotopic (exact) mass is 420 g/mol. The molecule has 6 heteroatoms. The Balaban J connectivity index is 1.58. The Bertz CT molecular complexity index is 979. The quantitative estimate of drug-likeness (QED) is 0.506. The second kappa shape index (κ2) is 9.88. The van der Waals surface area contributed by atoms with Gasteiger partial charge in [-0.15, -0.1) is 0 Å². The van der Waals surface area contributed by atoms with Crippen LogP contribution >= 0.6 is 0 Å². The van der Waals surface area contributed by atoms with Gasteiger partial charge in [-0.25, -0.2) is 0 Å². The van der Waals surface area contributed by atoms with Gasteiger partial charge in [-0.1, -0.05) is 24.3 Å². The van der Waals surface area contributed by atoms with Crippen molar-refractivity contribution in [2.45, 2.75) is 32.5 Å². The Morgan fingerprint density at radius 2 is 1.68 bits per heavy atom. The molecule has 3 aromatic rings. The zero-order valence-corrected chi connectivity index (χ0v) is 18.8. The van der Waals surface area contributed by atoms with Crippen LogP contribution in [-0.4, -0.2) is 44.2 Å². The highest BCUT2D eigenvalue weighted by Gasteiger charge is 2.17. The maximum absolute atomic E-state index is 5.91. The molecule has 164 valence electrons. The standard InChI is InChI=1S/C25H32N4O2/c1-27(2)18-22-19-31-25(26-22)29(17-21-9-7-11-24(15-21)30-3)16-20-8-6-10-23(14-20)28-12-4-5-13-28/h6-11,14-15,19H,4-5,12-13,16-18H2,1-3H3. The molecule has 0 radical (unpaired) electrons. The lowest BCUT2D eigenvalue weighted by Gasteiger charge is -2.23. The van der Waals surface area contributed by atoms with Crippen LogP contribution < -0.4 is 14.5 Å². The van der Waals surface area contributed by atoms with Crippen LogP contribution in [-0.2, 0) is 19.6 Å². The van der Waals surface area contributed by atoms with Gasteiger partial charge in [0, 0.05) is 38.4 Å². The highest BCUT2D eigenvalue weighted by atomic mass is 16.5. The highest BCUT2D eigenvalue weighted by molar-refractivity contribution is 5.50. The predicted octanol–water partition coefficient (Wildman–Crippen LogP) is 4.55. The zero-order chi connectivity index (χ0) is 21.6. The fourth-order valence-electron chi connectivity index (χ4n) is 4.07. The Labute approximate surface area is 185 Å². The molecule has 1 aliphatic heterocycles. The lowest BCUT2D eigenvalue weighted by atomic mass is 10.1. The maximum atomic E-state index is 5.91. The van der Waals surface area contributed by atoms with Crippen molar-refractivity contribution in [3.8, 4) is 5.75 Å². The molecule has 0 atom stereocenters. The molecule has 4 rings (SSSR count). The van der Waals surface area contributed by atoms with E-state index in [4.69, 9.17) is 14.1 Å². The molecule has 1 fully saturated rings. The summed E-state index contributed by atoms with van der Waals surface area (Å²) in [5.74, 6) is 0.856. The van der Waals surface area contributed by atoms with Crippen LogP contribution in [0.5, 0.6) is 5.75 Å². The number of benzene rings is 2. The molecular formula is C25H32N4O2. The van der Waals surface area contributed by atoms with Crippen LogP contribution in [0.2, 0.25) is 0 Å². The molecule has 0 spiro atoms.